The van der Waals surface area contributed by atoms with Crippen molar-refractivity contribution in [1.29, 1.82) is 0 Å². The van der Waals surface area contributed by atoms with E-state index in [-0.39, 0.29) is 35.4 Å². The quantitative estimate of drug-likeness (QED) is 0.290. The highest BCUT2D eigenvalue weighted by Gasteiger charge is 2.40. The third kappa shape index (κ3) is 5.40. The molecule has 0 spiro atoms. The van der Waals surface area contributed by atoms with Crippen molar-refractivity contribution in [3.63, 3.8) is 0 Å². The van der Waals surface area contributed by atoms with Gasteiger partial charge in [0.2, 0.25) is 15.8 Å². The Hall–Kier alpha value is -4.04. The average molecular weight is 657 g/mol. The molecule has 14 heteroatoms. The monoisotopic (exact) mass is 656 g/mol. The molecule has 3 atom stereocenters. The maximum Gasteiger partial charge on any atom is 0.452 e. The largest absolute Gasteiger partial charge is 0.481 e. The van der Waals surface area contributed by atoms with Crippen LogP contribution in [0, 0.1) is 26.7 Å². The molecule has 2 aliphatic rings. The number of benzene rings is 1. The summed E-state index contributed by atoms with van der Waals surface area (Å²) < 4.78 is 71.7. The third-order valence-electron chi connectivity index (χ3n) is 9.39. The second-order valence-electron chi connectivity index (χ2n) is 12.3. The molecule has 2 aliphatic heterocycles. The van der Waals surface area contributed by atoms with Gasteiger partial charge in [-0.3, -0.25) is 9.20 Å². The Labute approximate surface area is 264 Å². The first-order valence-electron chi connectivity index (χ1n) is 15.2. The zero-order valence-electron chi connectivity index (χ0n) is 25.9. The minimum absolute atomic E-state index is 0.00257. The number of anilines is 1. The molecule has 4 aromatic rings. The van der Waals surface area contributed by atoms with Gasteiger partial charge in [0.25, 0.3) is 0 Å². The first-order chi connectivity index (χ1) is 21.7. The van der Waals surface area contributed by atoms with Crippen molar-refractivity contribution < 1.29 is 31.5 Å². The topological polar surface area (TPSA) is 121 Å². The second kappa shape index (κ2) is 11.6. The van der Waals surface area contributed by atoms with Gasteiger partial charge in [0.1, 0.15) is 10.7 Å². The number of rotatable bonds is 6. The van der Waals surface area contributed by atoms with Crippen LogP contribution in [0.5, 0.6) is 0 Å². The van der Waals surface area contributed by atoms with Gasteiger partial charge in [-0.1, -0.05) is 25.1 Å². The number of halogens is 3. The third-order valence-corrected chi connectivity index (χ3v) is 11.2. The van der Waals surface area contributed by atoms with E-state index >= 15 is 0 Å². The van der Waals surface area contributed by atoms with Crippen molar-refractivity contribution in [3.05, 3.63) is 81.9 Å². The van der Waals surface area contributed by atoms with Gasteiger partial charge in [-0.05, 0) is 86.1 Å². The molecule has 3 aromatic heterocycles. The van der Waals surface area contributed by atoms with Crippen molar-refractivity contribution in [3.8, 4) is 0 Å². The number of aliphatic carboxylic acids is 1. The highest BCUT2D eigenvalue weighted by atomic mass is 32.2. The molecule has 1 fully saturated rings. The van der Waals surface area contributed by atoms with Crippen LogP contribution in [-0.2, 0) is 27.5 Å². The van der Waals surface area contributed by atoms with Crippen molar-refractivity contribution in [2.24, 2.45) is 5.92 Å². The number of aryl methyl sites for hydroxylation is 3. The summed E-state index contributed by atoms with van der Waals surface area (Å²) >= 11 is 0. The molecule has 5 heterocycles. The zero-order chi connectivity index (χ0) is 33.1. The van der Waals surface area contributed by atoms with E-state index < -0.39 is 39.8 Å². The fourth-order valence-electron chi connectivity index (χ4n) is 6.91. The fourth-order valence-corrected chi connectivity index (χ4v) is 8.52. The number of hydrogen-bond donors (Lipinski definition) is 1. The smallest absolute Gasteiger partial charge is 0.452 e. The molecular weight excluding hydrogens is 621 g/mol. The van der Waals surface area contributed by atoms with Crippen LogP contribution >= 0.6 is 0 Å². The van der Waals surface area contributed by atoms with Crippen LogP contribution < -0.4 is 4.90 Å². The highest BCUT2D eigenvalue weighted by molar-refractivity contribution is 7.89. The lowest BCUT2D eigenvalue weighted by Gasteiger charge is -2.36. The number of alkyl halides is 3. The summed E-state index contributed by atoms with van der Waals surface area (Å²) in [5.41, 5.74) is 3.23. The first-order valence-corrected chi connectivity index (χ1v) is 16.6. The van der Waals surface area contributed by atoms with E-state index in [0.29, 0.717) is 28.1 Å². The molecule has 1 saturated heterocycles. The molecule has 0 amide bonds. The molecular formula is C32H35F3N6O4S. The number of piperidine rings is 1. The van der Waals surface area contributed by atoms with Crippen LogP contribution in [0.15, 0.2) is 47.5 Å². The van der Waals surface area contributed by atoms with E-state index in [2.05, 4.69) is 20.1 Å². The lowest BCUT2D eigenvalue weighted by atomic mass is 9.79. The van der Waals surface area contributed by atoms with Crippen LogP contribution in [0.4, 0.5) is 19.0 Å². The normalized spacial score (nSPS) is 19.7. The first kappa shape index (κ1) is 31.9. The molecule has 1 N–H and O–H groups in total. The van der Waals surface area contributed by atoms with Gasteiger partial charge >= 0.3 is 12.1 Å². The highest BCUT2D eigenvalue weighted by Crippen LogP contribution is 2.40. The van der Waals surface area contributed by atoms with Crippen molar-refractivity contribution in [1.82, 2.24) is 23.9 Å². The van der Waals surface area contributed by atoms with Crippen LogP contribution in [-0.4, -0.2) is 62.5 Å². The van der Waals surface area contributed by atoms with Crippen LogP contribution in [0.3, 0.4) is 0 Å². The molecule has 46 heavy (non-hydrogen) atoms. The number of carboxylic acids is 1. The number of fused-ring (bicyclic) bond motifs is 4. The van der Waals surface area contributed by atoms with E-state index in [4.69, 9.17) is 0 Å². The number of nitrogens with zero attached hydrogens (tertiary/aromatic N) is 6. The number of carbonyl (C=O) groups is 1. The van der Waals surface area contributed by atoms with E-state index in [0.717, 1.165) is 35.8 Å². The number of pyridine rings is 2. The minimum atomic E-state index is -4.73. The lowest BCUT2D eigenvalue weighted by molar-refractivity contribution is -0.145. The maximum atomic E-state index is 14.1. The van der Waals surface area contributed by atoms with E-state index in [1.54, 1.807) is 44.3 Å². The molecule has 0 saturated carbocycles. The second-order valence-corrected chi connectivity index (χ2v) is 14.2. The molecule has 244 valence electrons. The molecule has 10 nitrogen and oxygen atoms in total. The molecule has 1 aromatic carbocycles. The number of carboxylic acid groups (broad SMARTS) is 1. The Balaban J connectivity index is 1.44. The summed E-state index contributed by atoms with van der Waals surface area (Å²) in [6.07, 6.45) is -0.346. The Morgan fingerprint density at radius 3 is 2.59 bits per heavy atom. The Morgan fingerprint density at radius 2 is 1.87 bits per heavy atom. The summed E-state index contributed by atoms with van der Waals surface area (Å²) in [5.74, 6) is -3.51. The molecule has 6 rings (SSSR count). The molecule has 0 radical (unpaired) electrons. The molecule has 1 unspecified atom stereocenters. The van der Waals surface area contributed by atoms with E-state index in [1.807, 2.05) is 19.1 Å². The average Bonchev–Trinajstić information content (AvgIpc) is 3.45. The number of hydrogen-bond acceptors (Lipinski definition) is 7. The Morgan fingerprint density at radius 1 is 1.11 bits per heavy atom. The van der Waals surface area contributed by atoms with Gasteiger partial charge in [-0.25, -0.2) is 13.4 Å². The summed E-state index contributed by atoms with van der Waals surface area (Å²) in [7, 11) is -3.93. The van der Waals surface area contributed by atoms with Gasteiger partial charge in [0, 0.05) is 43.5 Å². The van der Waals surface area contributed by atoms with Crippen LogP contribution in [0.1, 0.15) is 71.4 Å². The Bertz CT molecular complexity index is 1940. The Kier molecular flexibility index (Phi) is 8.08. The van der Waals surface area contributed by atoms with Crippen molar-refractivity contribution in [2.75, 3.05) is 18.0 Å². The number of sulfonamides is 1. The summed E-state index contributed by atoms with van der Waals surface area (Å²) in [6, 6.07) is 10.2. The predicted molar refractivity (Wildman–Crippen MR) is 164 cm³/mol. The van der Waals surface area contributed by atoms with Gasteiger partial charge in [0.05, 0.1) is 5.92 Å². The predicted octanol–water partition coefficient (Wildman–Crippen LogP) is 5.48. The summed E-state index contributed by atoms with van der Waals surface area (Å²) in [4.78, 5) is 19.2. The van der Waals surface area contributed by atoms with Crippen LogP contribution in [0.25, 0.3) is 5.65 Å². The maximum absolute atomic E-state index is 14.1. The summed E-state index contributed by atoms with van der Waals surface area (Å²) in [5, 5.41) is 17.4. The lowest BCUT2D eigenvalue weighted by Crippen LogP contribution is -2.45. The number of aromatic nitrogens is 4. The SMILES string of the molecule is Cc1ccc([C@@H](c2cc(C)n3c(C(F)(F)F)nnc3c2C)C(C)C(=O)O)cc1CN1C[C@@H]2CCCCN2c2ncccc2S1(=O)=O. The van der Waals surface area contributed by atoms with Crippen molar-refractivity contribution in [2.45, 2.75) is 76.5 Å². The summed E-state index contributed by atoms with van der Waals surface area (Å²) in [6.45, 7) is 7.60. The van der Waals surface area contributed by atoms with E-state index in [1.165, 1.54) is 11.2 Å². The zero-order valence-corrected chi connectivity index (χ0v) is 26.7. The van der Waals surface area contributed by atoms with Gasteiger partial charge in [-0.2, -0.15) is 17.5 Å². The molecule has 0 aliphatic carbocycles. The van der Waals surface area contributed by atoms with Gasteiger partial charge < -0.3 is 10.0 Å². The fraction of sp³-hybridized carbons (Fsp3) is 0.438. The van der Waals surface area contributed by atoms with Crippen LogP contribution in [0.2, 0.25) is 0 Å². The van der Waals surface area contributed by atoms with Crippen molar-refractivity contribution >= 4 is 27.5 Å². The van der Waals surface area contributed by atoms with E-state index in [9.17, 15) is 31.5 Å². The molecule has 0 bridgehead atoms. The minimum Gasteiger partial charge on any atom is -0.481 e. The standard InChI is InChI=1S/C32H35F3N6O4S/c1-18-10-11-22(27(21(4)30(42)43)25-14-19(2)41-28(20(25)3)37-38-31(41)32(33,34)35)15-23(18)16-39-17-24-8-5-6-13-40(24)29-26(46(39,44)45)9-7-12-36-29/h7,9-12,14-15,21,24,27H,5-6,8,13,16-17H2,1-4H3,(H,42,43)/t21?,24-,27-/m0/s1. The van der Waals surface area contributed by atoms with Gasteiger partial charge in [0.15, 0.2) is 5.65 Å². The van der Waals surface area contributed by atoms with Gasteiger partial charge in [-0.15, -0.1) is 10.2 Å².